The third-order valence-corrected chi connectivity index (χ3v) is 6.42. The van der Waals surface area contributed by atoms with Crippen LogP contribution in [0.15, 0.2) is 23.1 Å². The Kier molecular flexibility index (Phi) is 5.67. The Morgan fingerprint density at radius 3 is 2.38 bits per heavy atom. The largest absolute Gasteiger partial charge is 0.325 e. The van der Waals surface area contributed by atoms with Crippen molar-refractivity contribution in [1.82, 2.24) is 9.62 Å². The Morgan fingerprint density at radius 2 is 1.83 bits per heavy atom. The van der Waals surface area contributed by atoms with Crippen LogP contribution in [-0.4, -0.2) is 44.4 Å². The molecule has 0 aliphatic carbocycles. The van der Waals surface area contributed by atoms with E-state index in [-0.39, 0.29) is 16.8 Å². The number of likely N-dealkylation sites (tertiary alicyclic amines) is 1. The molecule has 1 saturated heterocycles. The van der Waals surface area contributed by atoms with Crippen molar-refractivity contribution in [2.24, 2.45) is 0 Å². The van der Waals surface area contributed by atoms with E-state index in [1.54, 1.807) is 19.1 Å². The highest BCUT2D eigenvalue weighted by Gasteiger charge is 2.34. The SMILES string of the molecule is CNS(=O)(=O)c1cc(NC(=O)[C@H](C)N2[C@H](C)CC[C@H]2C)ccc1C. The van der Waals surface area contributed by atoms with Crippen molar-refractivity contribution in [3.63, 3.8) is 0 Å². The second-order valence-electron chi connectivity index (χ2n) is 6.58. The fourth-order valence-corrected chi connectivity index (χ4v) is 4.43. The van der Waals surface area contributed by atoms with Crippen LogP contribution in [0, 0.1) is 6.92 Å². The molecule has 134 valence electrons. The number of nitrogens with zero attached hydrogens (tertiary/aromatic N) is 1. The molecule has 1 heterocycles. The molecular formula is C17H27N3O3S. The molecule has 2 rings (SSSR count). The van der Waals surface area contributed by atoms with E-state index in [1.165, 1.54) is 13.1 Å². The van der Waals surface area contributed by atoms with E-state index in [9.17, 15) is 13.2 Å². The van der Waals surface area contributed by atoms with Crippen LogP contribution in [0.1, 0.15) is 39.2 Å². The molecule has 3 atom stereocenters. The number of benzene rings is 1. The van der Waals surface area contributed by atoms with E-state index >= 15 is 0 Å². The maximum atomic E-state index is 12.6. The van der Waals surface area contributed by atoms with Gasteiger partial charge in [-0.25, -0.2) is 13.1 Å². The predicted molar refractivity (Wildman–Crippen MR) is 95.5 cm³/mol. The highest BCUT2D eigenvalue weighted by molar-refractivity contribution is 7.89. The van der Waals surface area contributed by atoms with Crippen LogP contribution >= 0.6 is 0 Å². The highest BCUT2D eigenvalue weighted by atomic mass is 32.2. The van der Waals surface area contributed by atoms with Crippen molar-refractivity contribution >= 4 is 21.6 Å². The Bertz CT molecular complexity index is 708. The van der Waals surface area contributed by atoms with E-state index in [4.69, 9.17) is 0 Å². The molecule has 2 N–H and O–H groups in total. The third kappa shape index (κ3) is 3.79. The molecule has 1 fully saturated rings. The Labute approximate surface area is 144 Å². The van der Waals surface area contributed by atoms with Crippen LogP contribution in [0.5, 0.6) is 0 Å². The summed E-state index contributed by atoms with van der Waals surface area (Å²) in [5, 5.41) is 2.85. The summed E-state index contributed by atoms with van der Waals surface area (Å²) in [5.41, 5.74) is 1.13. The summed E-state index contributed by atoms with van der Waals surface area (Å²) in [6.45, 7) is 7.90. The number of rotatable bonds is 5. The van der Waals surface area contributed by atoms with Crippen molar-refractivity contribution in [1.29, 1.82) is 0 Å². The fourth-order valence-electron chi connectivity index (χ4n) is 3.44. The van der Waals surface area contributed by atoms with Gasteiger partial charge >= 0.3 is 0 Å². The van der Waals surface area contributed by atoms with Gasteiger partial charge in [0.15, 0.2) is 0 Å². The molecule has 1 amide bonds. The predicted octanol–water partition coefficient (Wildman–Crippen LogP) is 2.10. The number of hydrogen-bond donors (Lipinski definition) is 2. The second-order valence-corrected chi connectivity index (χ2v) is 8.43. The fraction of sp³-hybridized carbons (Fsp3) is 0.588. The molecule has 0 radical (unpaired) electrons. The van der Waals surface area contributed by atoms with Gasteiger partial charge in [0.25, 0.3) is 0 Å². The summed E-state index contributed by atoms with van der Waals surface area (Å²) in [4.78, 5) is 15.0. The maximum Gasteiger partial charge on any atom is 0.241 e. The van der Waals surface area contributed by atoms with Gasteiger partial charge in [-0.1, -0.05) is 6.07 Å². The number of carbonyl (C=O) groups excluding carboxylic acids is 1. The van der Waals surface area contributed by atoms with Gasteiger partial charge in [0, 0.05) is 17.8 Å². The molecule has 1 aliphatic rings. The zero-order valence-electron chi connectivity index (χ0n) is 15.0. The minimum Gasteiger partial charge on any atom is -0.325 e. The molecule has 0 bridgehead atoms. The van der Waals surface area contributed by atoms with Gasteiger partial charge in [-0.15, -0.1) is 0 Å². The molecule has 0 spiro atoms. The number of anilines is 1. The first kappa shape index (κ1) is 18.9. The lowest BCUT2D eigenvalue weighted by atomic mass is 10.2. The minimum absolute atomic E-state index is 0.118. The average molecular weight is 353 g/mol. The number of sulfonamides is 1. The van der Waals surface area contributed by atoms with Gasteiger partial charge in [-0.2, -0.15) is 0 Å². The van der Waals surface area contributed by atoms with E-state index in [2.05, 4.69) is 28.8 Å². The van der Waals surface area contributed by atoms with E-state index < -0.39 is 10.0 Å². The van der Waals surface area contributed by atoms with Gasteiger partial charge < -0.3 is 5.32 Å². The molecule has 24 heavy (non-hydrogen) atoms. The average Bonchev–Trinajstić information content (AvgIpc) is 2.87. The van der Waals surface area contributed by atoms with Gasteiger partial charge in [-0.05, 0) is 65.3 Å². The molecule has 0 aromatic heterocycles. The summed E-state index contributed by atoms with van der Waals surface area (Å²) in [6.07, 6.45) is 2.18. The van der Waals surface area contributed by atoms with Gasteiger partial charge in [0.05, 0.1) is 10.9 Å². The first-order valence-corrected chi connectivity index (χ1v) is 9.78. The van der Waals surface area contributed by atoms with Crippen molar-refractivity contribution < 1.29 is 13.2 Å². The van der Waals surface area contributed by atoms with E-state index in [0.717, 1.165) is 12.8 Å². The lowest BCUT2D eigenvalue weighted by Crippen LogP contribution is -2.46. The summed E-state index contributed by atoms with van der Waals surface area (Å²) < 4.78 is 26.4. The summed E-state index contributed by atoms with van der Waals surface area (Å²) in [5.74, 6) is -0.118. The Morgan fingerprint density at radius 1 is 1.25 bits per heavy atom. The summed E-state index contributed by atoms with van der Waals surface area (Å²) in [6, 6.07) is 5.42. The molecule has 0 unspecified atom stereocenters. The van der Waals surface area contributed by atoms with Crippen LogP contribution in [-0.2, 0) is 14.8 Å². The molecule has 6 nitrogen and oxygen atoms in total. The van der Waals surface area contributed by atoms with E-state index in [0.29, 0.717) is 23.3 Å². The van der Waals surface area contributed by atoms with Crippen LogP contribution in [0.4, 0.5) is 5.69 Å². The number of hydrogen-bond acceptors (Lipinski definition) is 4. The molecule has 1 aromatic carbocycles. The smallest absolute Gasteiger partial charge is 0.241 e. The third-order valence-electron chi connectivity index (χ3n) is 4.86. The topological polar surface area (TPSA) is 78.5 Å². The lowest BCUT2D eigenvalue weighted by Gasteiger charge is -2.31. The first-order valence-electron chi connectivity index (χ1n) is 8.30. The lowest BCUT2D eigenvalue weighted by molar-refractivity contribution is -0.121. The second kappa shape index (κ2) is 7.21. The van der Waals surface area contributed by atoms with Crippen molar-refractivity contribution in [3.8, 4) is 0 Å². The zero-order chi connectivity index (χ0) is 18.1. The Balaban J connectivity index is 2.19. The Hall–Kier alpha value is -1.44. The van der Waals surface area contributed by atoms with E-state index in [1.807, 2.05) is 6.92 Å². The van der Waals surface area contributed by atoms with Crippen molar-refractivity contribution in [2.45, 2.75) is 63.6 Å². The number of nitrogens with one attached hydrogen (secondary N) is 2. The van der Waals surface area contributed by atoms with Crippen LogP contribution in [0.25, 0.3) is 0 Å². The van der Waals surface area contributed by atoms with Crippen LogP contribution in [0.3, 0.4) is 0 Å². The van der Waals surface area contributed by atoms with Crippen molar-refractivity contribution in [3.05, 3.63) is 23.8 Å². The quantitative estimate of drug-likeness (QED) is 0.850. The molecule has 1 aromatic rings. The minimum atomic E-state index is -3.55. The number of aryl methyl sites for hydroxylation is 1. The molecule has 7 heteroatoms. The van der Waals surface area contributed by atoms with Crippen molar-refractivity contribution in [2.75, 3.05) is 12.4 Å². The van der Waals surface area contributed by atoms with Gasteiger partial charge in [0.1, 0.15) is 0 Å². The van der Waals surface area contributed by atoms with Gasteiger partial charge in [-0.3, -0.25) is 9.69 Å². The molecular weight excluding hydrogens is 326 g/mol. The standard InChI is InChI=1S/C17H27N3O3S/c1-11-6-9-15(10-16(11)24(22,23)18-5)19-17(21)14(4)20-12(2)7-8-13(20)3/h6,9-10,12-14,18H,7-8H2,1-5H3,(H,19,21)/t12-,13-,14+/m1/s1. The number of amides is 1. The highest BCUT2D eigenvalue weighted by Crippen LogP contribution is 2.27. The first-order chi connectivity index (χ1) is 11.2. The normalized spacial score (nSPS) is 23.2. The summed E-state index contributed by atoms with van der Waals surface area (Å²) >= 11 is 0. The monoisotopic (exact) mass is 353 g/mol. The van der Waals surface area contributed by atoms with Crippen LogP contribution in [0.2, 0.25) is 0 Å². The zero-order valence-corrected chi connectivity index (χ0v) is 15.8. The number of carbonyl (C=O) groups is 1. The molecule has 1 aliphatic heterocycles. The summed E-state index contributed by atoms with van der Waals surface area (Å²) in [7, 11) is -2.18. The maximum absolute atomic E-state index is 12.6. The van der Waals surface area contributed by atoms with Gasteiger partial charge in [0.2, 0.25) is 15.9 Å². The van der Waals surface area contributed by atoms with Crippen LogP contribution < -0.4 is 10.0 Å². The molecule has 0 saturated carbocycles.